The number of thiophene rings is 1. The van der Waals surface area contributed by atoms with Gasteiger partial charge in [-0.2, -0.15) is 0 Å². The van der Waals surface area contributed by atoms with Crippen molar-refractivity contribution in [3.05, 3.63) is 20.8 Å². The van der Waals surface area contributed by atoms with E-state index in [1.54, 1.807) is 11.3 Å². The number of amidine groups is 1. The molecule has 0 aromatic carbocycles. The molecular weight excluding hydrogens is 328 g/mol. The molecule has 1 unspecified atom stereocenters. The van der Waals surface area contributed by atoms with Crippen LogP contribution >= 0.6 is 39.0 Å². The lowest BCUT2D eigenvalue weighted by Gasteiger charge is -2.21. The van der Waals surface area contributed by atoms with Gasteiger partial charge in [-0.25, -0.2) is 0 Å². The number of hydrogen-bond acceptors (Lipinski definition) is 4. The second-order valence-corrected chi connectivity index (χ2v) is 8.94. The summed E-state index contributed by atoms with van der Waals surface area (Å²) in [5.74, 6) is 0. The zero-order chi connectivity index (χ0) is 13.2. The van der Waals surface area contributed by atoms with Gasteiger partial charge in [0.15, 0.2) is 5.17 Å². The Balaban J connectivity index is 1.76. The summed E-state index contributed by atoms with van der Waals surface area (Å²) in [6.07, 6.45) is 1.22. The van der Waals surface area contributed by atoms with Crippen molar-refractivity contribution in [2.24, 2.45) is 10.4 Å². The van der Waals surface area contributed by atoms with Gasteiger partial charge in [-0.3, -0.25) is 4.99 Å². The Morgan fingerprint density at radius 3 is 2.89 bits per heavy atom. The Kier molecular flexibility index (Phi) is 4.78. The Morgan fingerprint density at radius 1 is 1.50 bits per heavy atom. The fourth-order valence-corrected chi connectivity index (χ4v) is 4.66. The van der Waals surface area contributed by atoms with Crippen LogP contribution in [0.1, 0.15) is 32.1 Å². The number of halogens is 1. The van der Waals surface area contributed by atoms with Gasteiger partial charge < -0.3 is 5.32 Å². The van der Waals surface area contributed by atoms with Gasteiger partial charge in [0.2, 0.25) is 0 Å². The van der Waals surface area contributed by atoms with Crippen molar-refractivity contribution in [2.75, 3.05) is 6.54 Å². The van der Waals surface area contributed by atoms with Crippen molar-refractivity contribution in [1.82, 2.24) is 5.32 Å². The minimum absolute atomic E-state index is 0.390. The lowest BCUT2D eigenvalue weighted by molar-refractivity contribution is 0.375. The molecule has 5 heteroatoms. The highest BCUT2D eigenvalue weighted by molar-refractivity contribution is 9.10. The molecular formula is C13H19BrN2S2. The maximum Gasteiger partial charge on any atom is 0.157 e. The average Bonchev–Trinajstić information content (AvgIpc) is 2.82. The Hall–Kier alpha value is -0.000000000000000111. The maximum absolute atomic E-state index is 4.58. The molecule has 0 amide bonds. The van der Waals surface area contributed by atoms with Crippen LogP contribution in [0.4, 0.5) is 0 Å². The molecule has 2 heterocycles. The standard InChI is InChI=1S/C13H19BrN2S2/c1-13(2,3)5-11-7-16-12(18-11)15-6-10-4-9(14)8-17-10/h4,8,11H,5-7H2,1-3H3,(H,15,16). The minimum Gasteiger partial charge on any atom is -0.360 e. The summed E-state index contributed by atoms with van der Waals surface area (Å²) in [5.41, 5.74) is 0.390. The molecule has 18 heavy (non-hydrogen) atoms. The quantitative estimate of drug-likeness (QED) is 0.870. The van der Waals surface area contributed by atoms with Crippen molar-refractivity contribution in [2.45, 2.75) is 39.0 Å². The molecule has 0 spiro atoms. The van der Waals surface area contributed by atoms with Crippen LogP contribution in [-0.2, 0) is 6.54 Å². The van der Waals surface area contributed by atoms with Crippen molar-refractivity contribution in [1.29, 1.82) is 0 Å². The first-order chi connectivity index (χ1) is 8.42. The topological polar surface area (TPSA) is 24.4 Å². The van der Waals surface area contributed by atoms with Gasteiger partial charge >= 0.3 is 0 Å². The van der Waals surface area contributed by atoms with E-state index in [2.05, 4.69) is 58.5 Å². The molecule has 1 aromatic heterocycles. The number of rotatable bonds is 3. The molecule has 0 radical (unpaired) electrons. The average molecular weight is 347 g/mol. The van der Waals surface area contributed by atoms with E-state index in [-0.39, 0.29) is 0 Å². The van der Waals surface area contributed by atoms with Crippen molar-refractivity contribution >= 4 is 44.2 Å². The van der Waals surface area contributed by atoms with Gasteiger partial charge in [-0.1, -0.05) is 32.5 Å². The summed E-state index contributed by atoms with van der Waals surface area (Å²) in [5, 5.41) is 7.29. The van der Waals surface area contributed by atoms with Crippen LogP contribution in [-0.4, -0.2) is 17.0 Å². The predicted molar refractivity (Wildman–Crippen MR) is 86.6 cm³/mol. The first kappa shape index (κ1) is 14.4. The minimum atomic E-state index is 0.390. The number of aliphatic imine (C=N–C) groups is 1. The zero-order valence-corrected chi connectivity index (χ0v) is 14.2. The van der Waals surface area contributed by atoms with E-state index in [0.29, 0.717) is 10.7 Å². The Labute approximate surface area is 126 Å². The fraction of sp³-hybridized carbons (Fsp3) is 0.615. The highest BCUT2D eigenvalue weighted by Crippen LogP contribution is 2.31. The van der Waals surface area contributed by atoms with Gasteiger partial charge in [0.05, 0.1) is 13.1 Å². The Morgan fingerprint density at radius 2 is 2.28 bits per heavy atom. The summed E-state index contributed by atoms with van der Waals surface area (Å²) in [4.78, 5) is 5.92. The largest absolute Gasteiger partial charge is 0.360 e. The van der Waals surface area contributed by atoms with Crippen molar-refractivity contribution in [3.8, 4) is 0 Å². The second-order valence-electron chi connectivity index (χ2n) is 5.74. The van der Waals surface area contributed by atoms with E-state index in [4.69, 9.17) is 0 Å². The van der Waals surface area contributed by atoms with Crippen LogP contribution in [0.25, 0.3) is 0 Å². The predicted octanol–water partition coefficient (Wildman–Crippen LogP) is 4.51. The molecule has 2 nitrogen and oxygen atoms in total. The third kappa shape index (κ3) is 4.59. The molecule has 1 aromatic rings. The van der Waals surface area contributed by atoms with Crippen molar-refractivity contribution < 1.29 is 0 Å². The van der Waals surface area contributed by atoms with E-state index in [1.165, 1.54) is 11.3 Å². The number of nitrogens with zero attached hydrogens (tertiary/aromatic N) is 1. The molecule has 2 rings (SSSR count). The number of thioether (sulfide) groups is 1. The van der Waals surface area contributed by atoms with Crippen molar-refractivity contribution in [3.63, 3.8) is 0 Å². The summed E-state index contributed by atoms with van der Waals surface area (Å²) < 4.78 is 1.16. The van der Waals surface area contributed by atoms with Crippen LogP contribution in [0.2, 0.25) is 0 Å². The monoisotopic (exact) mass is 346 g/mol. The summed E-state index contributed by atoms with van der Waals surface area (Å²) in [7, 11) is 0. The van der Waals surface area contributed by atoms with Crippen LogP contribution < -0.4 is 5.32 Å². The first-order valence-electron chi connectivity index (χ1n) is 6.10. The molecule has 0 aliphatic carbocycles. The lowest BCUT2D eigenvalue weighted by atomic mass is 9.90. The molecule has 0 saturated carbocycles. The fourth-order valence-electron chi connectivity index (χ4n) is 1.91. The highest BCUT2D eigenvalue weighted by atomic mass is 79.9. The van der Waals surface area contributed by atoms with Crippen LogP contribution in [0.3, 0.4) is 0 Å². The molecule has 1 aliphatic rings. The lowest BCUT2D eigenvalue weighted by Crippen LogP contribution is -2.20. The second kappa shape index (κ2) is 5.97. The third-order valence-electron chi connectivity index (χ3n) is 2.59. The summed E-state index contributed by atoms with van der Waals surface area (Å²) >= 11 is 7.14. The van der Waals surface area contributed by atoms with Gasteiger partial charge in [0, 0.05) is 20.0 Å². The normalized spacial score (nSPS) is 20.0. The molecule has 100 valence electrons. The van der Waals surface area contributed by atoms with E-state index in [0.717, 1.165) is 22.7 Å². The highest BCUT2D eigenvalue weighted by Gasteiger charge is 2.24. The number of hydrogen-bond donors (Lipinski definition) is 1. The van der Waals surface area contributed by atoms with Crippen LogP contribution in [0, 0.1) is 5.41 Å². The molecule has 1 aliphatic heterocycles. The SMILES string of the molecule is CC(C)(C)CC1CN=C(NCc2cc(Br)cs2)S1. The summed E-state index contributed by atoms with van der Waals surface area (Å²) in [6.45, 7) is 8.72. The van der Waals surface area contributed by atoms with Crippen LogP contribution in [0.5, 0.6) is 0 Å². The number of nitrogens with one attached hydrogen (secondary N) is 1. The molecule has 0 fully saturated rings. The van der Waals surface area contributed by atoms with Gasteiger partial charge in [-0.05, 0) is 33.8 Å². The van der Waals surface area contributed by atoms with E-state index >= 15 is 0 Å². The third-order valence-corrected chi connectivity index (χ3v) is 5.44. The molecule has 0 saturated heterocycles. The Bertz CT molecular complexity index is 434. The van der Waals surface area contributed by atoms with E-state index in [1.807, 2.05) is 11.8 Å². The van der Waals surface area contributed by atoms with E-state index in [9.17, 15) is 0 Å². The molecule has 0 bridgehead atoms. The van der Waals surface area contributed by atoms with E-state index < -0.39 is 0 Å². The maximum atomic E-state index is 4.58. The smallest absolute Gasteiger partial charge is 0.157 e. The van der Waals surface area contributed by atoms with Gasteiger partial charge in [0.1, 0.15) is 0 Å². The molecule has 1 N–H and O–H groups in total. The van der Waals surface area contributed by atoms with Gasteiger partial charge in [0.25, 0.3) is 0 Å². The van der Waals surface area contributed by atoms with Gasteiger partial charge in [-0.15, -0.1) is 11.3 Å². The molecule has 1 atom stereocenters. The summed E-state index contributed by atoms with van der Waals surface area (Å²) in [6, 6.07) is 2.16. The van der Waals surface area contributed by atoms with Crippen LogP contribution in [0.15, 0.2) is 20.9 Å². The zero-order valence-electron chi connectivity index (χ0n) is 11.0. The first-order valence-corrected chi connectivity index (χ1v) is 8.65.